The molecule has 124 valence electrons. The third kappa shape index (κ3) is 3.50. The number of hydrogen-bond acceptors (Lipinski definition) is 4. The zero-order chi connectivity index (χ0) is 17.2. The Morgan fingerprint density at radius 2 is 1.64 bits per heavy atom. The van der Waals surface area contributed by atoms with E-state index in [4.69, 9.17) is 0 Å². The molecule has 0 aliphatic heterocycles. The molecule has 2 aromatic carbocycles. The van der Waals surface area contributed by atoms with Gasteiger partial charge in [0, 0.05) is 29.5 Å². The summed E-state index contributed by atoms with van der Waals surface area (Å²) in [6.45, 7) is 0. The number of thiophene rings is 1. The zero-order valence-corrected chi connectivity index (χ0v) is 15.8. The van der Waals surface area contributed by atoms with Gasteiger partial charge in [0.2, 0.25) is 0 Å². The van der Waals surface area contributed by atoms with E-state index in [1.54, 1.807) is 22.7 Å². The van der Waals surface area contributed by atoms with Crippen LogP contribution in [0.15, 0.2) is 60.7 Å². The minimum Gasteiger partial charge on any atom is -0.378 e. The van der Waals surface area contributed by atoms with E-state index in [0.29, 0.717) is 0 Å². The van der Waals surface area contributed by atoms with Crippen LogP contribution in [0.5, 0.6) is 0 Å². The highest BCUT2D eigenvalue weighted by molar-refractivity contribution is 7.19. The molecule has 0 unspecified atom stereocenters. The number of anilines is 1. The third-order valence-electron chi connectivity index (χ3n) is 4.00. The minimum atomic E-state index is 1.05. The largest absolute Gasteiger partial charge is 0.378 e. The van der Waals surface area contributed by atoms with Crippen LogP contribution in [0.1, 0.15) is 9.88 Å². The van der Waals surface area contributed by atoms with Gasteiger partial charge >= 0.3 is 0 Å². The standard InChI is InChI=1S/C21H18N2S2/c1-23(2)16-9-7-15(8-10-16)19-13-11-17(24-19)12-14-21-22-18-5-3-4-6-20(18)25-21/h3-14H,1-2H3/b14-12+. The van der Waals surface area contributed by atoms with Gasteiger partial charge < -0.3 is 4.90 Å². The first-order valence-electron chi connectivity index (χ1n) is 8.10. The SMILES string of the molecule is CN(C)c1ccc(-c2ccc(/C=C/c3nc4ccccc4s3)s2)cc1. The number of para-hydroxylation sites is 1. The van der Waals surface area contributed by atoms with Crippen molar-refractivity contribution < 1.29 is 0 Å². The molecule has 0 fully saturated rings. The number of aromatic nitrogens is 1. The van der Waals surface area contributed by atoms with Crippen molar-refractivity contribution in [1.29, 1.82) is 0 Å². The molecule has 0 N–H and O–H groups in total. The van der Waals surface area contributed by atoms with Gasteiger partial charge in [-0.2, -0.15) is 0 Å². The van der Waals surface area contributed by atoms with E-state index in [9.17, 15) is 0 Å². The molecule has 0 spiro atoms. The van der Waals surface area contributed by atoms with E-state index in [0.717, 1.165) is 10.5 Å². The van der Waals surface area contributed by atoms with Gasteiger partial charge in [-0.25, -0.2) is 4.98 Å². The molecule has 4 aromatic rings. The molecule has 0 atom stereocenters. The zero-order valence-electron chi connectivity index (χ0n) is 14.1. The number of rotatable bonds is 4. The molecule has 0 bridgehead atoms. The molecule has 25 heavy (non-hydrogen) atoms. The van der Waals surface area contributed by atoms with Crippen LogP contribution in [0, 0.1) is 0 Å². The van der Waals surface area contributed by atoms with Gasteiger partial charge in [-0.1, -0.05) is 24.3 Å². The highest BCUT2D eigenvalue weighted by Crippen LogP contribution is 2.31. The van der Waals surface area contributed by atoms with E-state index in [1.165, 1.54) is 25.7 Å². The lowest BCUT2D eigenvalue weighted by molar-refractivity contribution is 1.13. The Labute approximate surface area is 155 Å². The van der Waals surface area contributed by atoms with Gasteiger partial charge in [0.15, 0.2) is 0 Å². The lowest BCUT2D eigenvalue weighted by Crippen LogP contribution is -2.07. The lowest BCUT2D eigenvalue weighted by Gasteiger charge is -2.12. The fourth-order valence-corrected chi connectivity index (χ4v) is 4.42. The molecule has 0 saturated carbocycles. The molecule has 0 aliphatic carbocycles. The van der Waals surface area contributed by atoms with Crippen LogP contribution >= 0.6 is 22.7 Å². The maximum atomic E-state index is 4.65. The highest BCUT2D eigenvalue weighted by Gasteiger charge is 2.03. The Bertz CT molecular complexity index is 990. The van der Waals surface area contributed by atoms with Crippen LogP contribution in [0.3, 0.4) is 0 Å². The fourth-order valence-electron chi connectivity index (χ4n) is 2.64. The summed E-state index contributed by atoms with van der Waals surface area (Å²) in [7, 11) is 4.12. The van der Waals surface area contributed by atoms with Crippen LogP contribution in [-0.2, 0) is 0 Å². The summed E-state index contributed by atoms with van der Waals surface area (Å²) in [6.07, 6.45) is 4.26. The molecule has 2 nitrogen and oxygen atoms in total. The summed E-state index contributed by atoms with van der Waals surface area (Å²) in [5.41, 5.74) is 3.55. The fraction of sp³-hybridized carbons (Fsp3) is 0.0952. The van der Waals surface area contributed by atoms with Gasteiger partial charge in [-0.05, 0) is 54.1 Å². The highest BCUT2D eigenvalue weighted by atomic mass is 32.1. The van der Waals surface area contributed by atoms with Gasteiger partial charge in [0.05, 0.1) is 10.2 Å². The van der Waals surface area contributed by atoms with Gasteiger partial charge in [-0.15, -0.1) is 22.7 Å². The second-order valence-corrected chi connectivity index (χ2v) is 8.17. The molecule has 0 aliphatic rings. The first-order chi connectivity index (χ1) is 12.2. The Morgan fingerprint density at radius 1 is 0.840 bits per heavy atom. The van der Waals surface area contributed by atoms with Crippen LogP contribution in [0.25, 0.3) is 32.8 Å². The van der Waals surface area contributed by atoms with E-state index < -0.39 is 0 Å². The van der Waals surface area contributed by atoms with Crippen LogP contribution in [-0.4, -0.2) is 19.1 Å². The number of nitrogens with zero attached hydrogens (tertiary/aromatic N) is 2. The Hall–Kier alpha value is -2.43. The number of thiazole rings is 1. The summed E-state index contributed by atoms with van der Waals surface area (Å²) in [5.74, 6) is 0. The van der Waals surface area contributed by atoms with Crippen molar-refractivity contribution in [2.45, 2.75) is 0 Å². The van der Waals surface area contributed by atoms with E-state index >= 15 is 0 Å². The minimum absolute atomic E-state index is 1.05. The summed E-state index contributed by atoms with van der Waals surface area (Å²) in [4.78, 5) is 9.29. The van der Waals surface area contributed by atoms with Crippen molar-refractivity contribution >= 4 is 50.7 Å². The molecule has 2 aromatic heterocycles. The number of benzene rings is 2. The third-order valence-corrected chi connectivity index (χ3v) is 6.10. The Kier molecular flexibility index (Phi) is 4.38. The maximum Gasteiger partial charge on any atom is 0.117 e. The summed E-state index contributed by atoms with van der Waals surface area (Å²) in [6, 6.07) is 21.3. The van der Waals surface area contributed by atoms with E-state index in [-0.39, 0.29) is 0 Å². The molecular formula is C21H18N2S2. The molecule has 4 heteroatoms. The molecule has 2 heterocycles. The molecule has 0 saturated heterocycles. The summed E-state index contributed by atoms with van der Waals surface area (Å²) >= 11 is 3.53. The van der Waals surface area contributed by atoms with Crippen molar-refractivity contribution in [3.8, 4) is 10.4 Å². The Balaban J connectivity index is 1.54. The van der Waals surface area contributed by atoms with Gasteiger partial charge in [-0.3, -0.25) is 0 Å². The number of fused-ring (bicyclic) bond motifs is 1. The van der Waals surface area contributed by atoms with E-state index in [2.05, 4.69) is 90.7 Å². The second kappa shape index (κ2) is 6.82. The first-order valence-corrected chi connectivity index (χ1v) is 9.73. The smallest absolute Gasteiger partial charge is 0.117 e. The predicted octanol–water partition coefficient (Wildman–Crippen LogP) is 6.26. The van der Waals surface area contributed by atoms with Gasteiger partial charge in [0.1, 0.15) is 5.01 Å². The van der Waals surface area contributed by atoms with E-state index in [1.807, 2.05) is 6.07 Å². The van der Waals surface area contributed by atoms with Crippen LogP contribution < -0.4 is 4.90 Å². The first kappa shape index (κ1) is 16.1. The topological polar surface area (TPSA) is 16.1 Å². The predicted molar refractivity (Wildman–Crippen MR) is 113 cm³/mol. The molecule has 0 radical (unpaired) electrons. The van der Waals surface area contributed by atoms with Crippen molar-refractivity contribution in [3.63, 3.8) is 0 Å². The maximum absolute atomic E-state index is 4.65. The van der Waals surface area contributed by atoms with Crippen molar-refractivity contribution in [3.05, 3.63) is 70.5 Å². The van der Waals surface area contributed by atoms with Crippen LogP contribution in [0.2, 0.25) is 0 Å². The monoisotopic (exact) mass is 362 g/mol. The quantitative estimate of drug-likeness (QED) is 0.426. The van der Waals surface area contributed by atoms with Gasteiger partial charge in [0.25, 0.3) is 0 Å². The second-order valence-electron chi connectivity index (χ2n) is 6.00. The average molecular weight is 363 g/mol. The van der Waals surface area contributed by atoms with Crippen molar-refractivity contribution in [2.24, 2.45) is 0 Å². The summed E-state index contributed by atoms with van der Waals surface area (Å²) in [5, 5.41) is 1.05. The van der Waals surface area contributed by atoms with Crippen molar-refractivity contribution in [2.75, 3.05) is 19.0 Å². The average Bonchev–Trinajstić information content (AvgIpc) is 3.26. The number of hydrogen-bond donors (Lipinski definition) is 0. The summed E-state index contributed by atoms with van der Waals surface area (Å²) < 4.78 is 1.23. The normalized spacial score (nSPS) is 11.4. The van der Waals surface area contributed by atoms with Crippen LogP contribution in [0.4, 0.5) is 5.69 Å². The molecule has 0 amide bonds. The molecular weight excluding hydrogens is 344 g/mol. The lowest BCUT2D eigenvalue weighted by atomic mass is 10.1. The van der Waals surface area contributed by atoms with Crippen molar-refractivity contribution in [1.82, 2.24) is 4.98 Å². The molecule has 4 rings (SSSR count). The Morgan fingerprint density at radius 3 is 2.40 bits per heavy atom.